The summed E-state index contributed by atoms with van der Waals surface area (Å²) in [6.45, 7) is 8.04. The van der Waals surface area contributed by atoms with Gasteiger partial charge in [0.2, 0.25) is 5.95 Å². The number of fused-ring (bicyclic) bond motifs is 1. The van der Waals surface area contributed by atoms with Crippen molar-refractivity contribution in [1.82, 2.24) is 19.5 Å². The number of aromatic nitrogens is 4. The van der Waals surface area contributed by atoms with Gasteiger partial charge < -0.3 is 20.3 Å². The molecule has 1 aliphatic rings. The number of nitrogens with one attached hydrogen (secondary N) is 2. The molecule has 2 atom stereocenters. The highest BCUT2D eigenvalue weighted by Crippen LogP contribution is 2.28. The summed E-state index contributed by atoms with van der Waals surface area (Å²) >= 11 is 0. The van der Waals surface area contributed by atoms with Gasteiger partial charge in [-0.3, -0.25) is 0 Å². The van der Waals surface area contributed by atoms with Crippen molar-refractivity contribution in [2.75, 3.05) is 10.6 Å². The lowest BCUT2D eigenvalue weighted by Gasteiger charge is -2.27. The van der Waals surface area contributed by atoms with E-state index in [0.29, 0.717) is 12.0 Å². The normalized spacial score (nSPS) is 17.8. The van der Waals surface area contributed by atoms with Crippen LogP contribution >= 0.6 is 0 Å². The molecule has 3 rings (SSSR count). The molecular weight excluding hydrogens is 304 g/mol. The Hall–Kier alpha value is -1.89. The third kappa shape index (κ3) is 3.31. The van der Waals surface area contributed by atoms with Crippen LogP contribution in [0.1, 0.15) is 59.4 Å². The topological polar surface area (TPSA) is 87.9 Å². The van der Waals surface area contributed by atoms with Crippen LogP contribution in [-0.2, 0) is 0 Å². The molecule has 2 aromatic rings. The molecule has 0 saturated heterocycles. The Balaban J connectivity index is 1.99. The fourth-order valence-electron chi connectivity index (χ4n) is 2.94. The Bertz CT molecular complexity index is 692. The molecule has 0 radical (unpaired) electrons. The molecule has 1 aliphatic carbocycles. The summed E-state index contributed by atoms with van der Waals surface area (Å²) in [6, 6.07) is 0.668. The minimum Gasteiger partial charge on any atom is -0.391 e. The first-order chi connectivity index (χ1) is 11.5. The highest BCUT2D eigenvalue weighted by molar-refractivity contribution is 5.84. The minimum atomic E-state index is -0.465. The quantitative estimate of drug-likeness (QED) is 0.722. The van der Waals surface area contributed by atoms with Gasteiger partial charge in [0.05, 0.1) is 18.5 Å². The van der Waals surface area contributed by atoms with Crippen molar-refractivity contribution in [2.45, 2.75) is 77.6 Å². The molecule has 1 fully saturated rings. The second-order valence-electron chi connectivity index (χ2n) is 6.99. The standard InChI is InChI=1S/C17H28N6O/c1-5-13(11(4)24)20-17-21-15(19-12-7-6-8-12)14-16(22-17)23(9-18-14)10(2)3/h9-13,24H,5-8H2,1-4H3,(H2,19,20,21,22)/t11-,13+/m1/s1. The van der Waals surface area contributed by atoms with E-state index in [1.54, 1.807) is 6.92 Å². The van der Waals surface area contributed by atoms with Crippen molar-refractivity contribution >= 4 is 22.9 Å². The molecule has 132 valence electrons. The van der Waals surface area contributed by atoms with Gasteiger partial charge in [0.15, 0.2) is 17.0 Å². The summed E-state index contributed by atoms with van der Waals surface area (Å²) in [5, 5.41) is 16.7. The molecule has 2 aromatic heterocycles. The maximum absolute atomic E-state index is 9.90. The first kappa shape index (κ1) is 17.0. The molecule has 2 heterocycles. The summed E-state index contributed by atoms with van der Waals surface area (Å²) in [7, 11) is 0. The summed E-state index contributed by atoms with van der Waals surface area (Å²) in [5.41, 5.74) is 1.64. The SMILES string of the molecule is CC[C@H](Nc1nc(NC2CCC2)c2ncn(C(C)C)c2n1)[C@@H](C)O. The lowest BCUT2D eigenvalue weighted by Crippen LogP contribution is -2.32. The van der Waals surface area contributed by atoms with Gasteiger partial charge in [0, 0.05) is 12.1 Å². The van der Waals surface area contributed by atoms with E-state index in [2.05, 4.69) is 44.0 Å². The molecule has 3 N–H and O–H groups in total. The van der Waals surface area contributed by atoms with Gasteiger partial charge >= 0.3 is 0 Å². The van der Waals surface area contributed by atoms with Crippen LogP contribution in [0.3, 0.4) is 0 Å². The maximum atomic E-state index is 9.90. The van der Waals surface area contributed by atoms with E-state index >= 15 is 0 Å². The molecule has 1 saturated carbocycles. The van der Waals surface area contributed by atoms with Crippen molar-refractivity contribution < 1.29 is 5.11 Å². The van der Waals surface area contributed by atoms with Gasteiger partial charge in [-0.2, -0.15) is 9.97 Å². The van der Waals surface area contributed by atoms with E-state index in [9.17, 15) is 5.11 Å². The first-order valence-corrected chi connectivity index (χ1v) is 8.95. The summed E-state index contributed by atoms with van der Waals surface area (Å²) in [4.78, 5) is 13.8. The van der Waals surface area contributed by atoms with Gasteiger partial charge in [-0.05, 0) is 46.5 Å². The Morgan fingerprint density at radius 3 is 2.58 bits per heavy atom. The lowest BCUT2D eigenvalue weighted by molar-refractivity contribution is 0.169. The second kappa shape index (κ2) is 6.93. The van der Waals surface area contributed by atoms with Crippen molar-refractivity contribution in [3.8, 4) is 0 Å². The Kier molecular flexibility index (Phi) is 4.89. The minimum absolute atomic E-state index is 0.0746. The maximum Gasteiger partial charge on any atom is 0.227 e. The van der Waals surface area contributed by atoms with E-state index in [-0.39, 0.29) is 12.1 Å². The Morgan fingerprint density at radius 2 is 2.04 bits per heavy atom. The predicted octanol–water partition coefficient (Wildman–Crippen LogP) is 2.94. The average molecular weight is 332 g/mol. The molecular formula is C17H28N6O. The zero-order valence-corrected chi connectivity index (χ0v) is 15.0. The first-order valence-electron chi connectivity index (χ1n) is 8.95. The van der Waals surface area contributed by atoms with Crippen LogP contribution in [0.2, 0.25) is 0 Å². The molecule has 0 aromatic carbocycles. The monoisotopic (exact) mass is 332 g/mol. The van der Waals surface area contributed by atoms with E-state index in [1.807, 2.05) is 13.3 Å². The third-order valence-electron chi connectivity index (χ3n) is 4.76. The van der Waals surface area contributed by atoms with Crippen LogP contribution in [0.25, 0.3) is 11.2 Å². The van der Waals surface area contributed by atoms with Crippen LogP contribution in [-0.4, -0.2) is 42.8 Å². The highest BCUT2D eigenvalue weighted by Gasteiger charge is 2.22. The van der Waals surface area contributed by atoms with Crippen molar-refractivity contribution in [3.63, 3.8) is 0 Å². The molecule has 0 bridgehead atoms. The van der Waals surface area contributed by atoms with Crippen molar-refractivity contribution in [2.24, 2.45) is 0 Å². The molecule has 24 heavy (non-hydrogen) atoms. The number of rotatable bonds is 7. The van der Waals surface area contributed by atoms with E-state index in [0.717, 1.165) is 23.4 Å². The van der Waals surface area contributed by atoms with Crippen LogP contribution in [0.15, 0.2) is 6.33 Å². The smallest absolute Gasteiger partial charge is 0.227 e. The van der Waals surface area contributed by atoms with E-state index < -0.39 is 6.10 Å². The fraction of sp³-hybridized carbons (Fsp3) is 0.706. The number of aliphatic hydroxyl groups is 1. The largest absolute Gasteiger partial charge is 0.391 e. The second-order valence-corrected chi connectivity index (χ2v) is 6.99. The molecule has 0 spiro atoms. The average Bonchev–Trinajstić information content (AvgIpc) is 2.92. The third-order valence-corrected chi connectivity index (χ3v) is 4.76. The van der Waals surface area contributed by atoms with E-state index in [1.165, 1.54) is 19.3 Å². The number of hydrogen-bond acceptors (Lipinski definition) is 6. The molecule has 7 heteroatoms. The zero-order chi connectivity index (χ0) is 17.3. The summed E-state index contributed by atoms with van der Waals surface area (Å²) in [5.74, 6) is 1.33. The number of imidazole rings is 1. The summed E-state index contributed by atoms with van der Waals surface area (Å²) in [6.07, 6.45) is 5.76. The number of aliphatic hydroxyl groups excluding tert-OH is 1. The van der Waals surface area contributed by atoms with Gasteiger partial charge in [0.1, 0.15) is 0 Å². The number of anilines is 2. The molecule has 0 amide bonds. The molecule has 7 nitrogen and oxygen atoms in total. The Labute approximate surface area is 142 Å². The fourth-order valence-corrected chi connectivity index (χ4v) is 2.94. The van der Waals surface area contributed by atoms with Gasteiger partial charge in [0.25, 0.3) is 0 Å². The van der Waals surface area contributed by atoms with Gasteiger partial charge in [-0.1, -0.05) is 6.92 Å². The summed E-state index contributed by atoms with van der Waals surface area (Å²) < 4.78 is 2.05. The van der Waals surface area contributed by atoms with Crippen LogP contribution in [0.5, 0.6) is 0 Å². The van der Waals surface area contributed by atoms with Gasteiger partial charge in [-0.15, -0.1) is 0 Å². The van der Waals surface area contributed by atoms with Crippen LogP contribution < -0.4 is 10.6 Å². The number of nitrogens with zero attached hydrogens (tertiary/aromatic N) is 4. The zero-order valence-electron chi connectivity index (χ0n) is 15.0. The van der Waals surface area contributed by atoms with Crippen LogP contribution in [0, 0.1) is 0 Å². The molecule has 0 aliphatic heterocycles. The molecule has 0 unspecified atom stereocenters. The number of hydrogen-bond donors (Lipinski definition) is 3. The van der Waals surface area contributed by atoms with E-state index in [4.69, 9.17) is 0 Å². The highest BCUT2D eigenvalue weighted by atomic mass is 16.3. The predicted molar refractivity (Wildman–Crippen MR) is 96.4 cm³/mol. The van der Waals surface area contributed by atoms with Crippen molar-refractivity contribution in [3.05, 3.63) is 6.33 Å². The Morgan fingerprint density at radius 1 is 1.29 bits per heavy atom. The van der Waals surface area contributed by atoms with Gasteiger partial charge in [-0.25, -0.2) is 4.98 Å². The van der Waals surface area contributed by atoms with Crippen LogP contribution in [0.4, 0.5) is 11.8 Å². The van der Waals surface area contributed by atoms with Crippen molar-refractivity contribution in [1.29, 1.82) is 0 Å². The lowest BCUT2D eigenvalue weighted by atomic mass is 9.93.